The molecule has 0 saturated heterocycles. The molecular weight excluding hydrogens is 242 g/mol. The van der Waals surface area contributed by atoms with E-state index < -0.39 is 0 Å². The second kappa shape index (κ2) is 5.24. The van der Waals surface area contributed by atoms with Gasteiger partial charge in [-0.25, -0.2) is 4.98 Å². The van der Waals surface area contributed by atoms with Crippen LogP contribution in [-0.2, 0) is 19.5 Å². The molecule has 0 spiro atoms. The third kappa shape index (κ3) is 2.82. The van der Waals surface area contributed by atoms with E-state index in [-0.39, 0.29) is 0 Å². The molecule has 0 amide bonds. The van der Waals surface area contributed by atoms with Gasteiger partial charge in [-0.15, -0.1) is 11.3 Å². The van der Waals surface area contributed by atoms with Crippen LogP contribution in [0.25, 0.3) is 0 Å². The van der Waals surface area contributed by atoms with E-state index >= 15 is 0 Å². The molecule has 4 heteroatoms. The van der Waals surface area contributed by atoms with Crippen molar-refractivity contribution in [2.45, 2.75) is 45.3 Å². The molecule has 3 nitrogen and oxygen atoms in total. The highest BCUT2D eigenvalue weighted by atomic mass is 32.1. The average Bonchev–Trinajstić information content (AvgIpc) is 2.94. The Balaban J connectivity index is 1.58. The van der Waals surface area contributed by atoms with Crippen molar-refractivity contribution in [3.63, 3.8) is 0 Å². The SMILES string of the molecule is Cc1ncsc1CCn1cccc1CNC1CC1. The number of nitrogens with one attached hydrogen (secondary N) is 1. The molecule has 0 bridgehead atoms. The maximum atomic E-state index is 4.30. The van der Waals surface area contributed by atoms with Crippen molar-refractivity contribution in [3.05, 3.63) is 40.1 Å². The van der Waals surface area contributed by atoms with Crippen LogP contribution in [0.2, 0.25) is 0 Å². The summed E-state index contributed by atoms with van der Waals surface area (Å²) in [6.45, 7) is 4.15. The summed E-state index contributed by atoms with van der Waals surface area (Å²) in [5, 5.41) is 3.57. The molecule has 0 aromatic carbocycles. The normalized spacial score (nSPS) is 15.2. The molecule has 0 atom stereocenters. The molecule has 1 aliphatic rings. The summed E-state index contributed by atoms with van der Waals surface area (Å²) in [7, 11) is 0. The van der Waals surface area contributed by atoms with Gasteiger partial charge in [-0.2, -0.15) is 0 Å². The Hall–Kier alpha value is -1.13. The van der Waals surface area contributed by atoms with E-state index in [1.807, 2.05) is 5.51 Å². The average molecular weight is 261 g/mol. The Morgan fingerprint density at radius 1 is 1.50 bits per heavy atom. The molecule has 1 fully saturated rings. The number of aromatic nitrogens is 2. The molecule has 2 aromatic rings. The van der Waals surface area contributed by atoms with E-state index in [0.29, 0.717) is 0 Å². The number of aryl methyl sites for hydroxylation is 3. The van der Waals surface area contributed by atoms with Gasteiger partial charge in [0.15, 0.2) is 0 Å². The zero-order valence-corrected chi connectivity index (χ0v) is 11.5. The van der Waals surface area contributed by atoms with Crippen molar-refractivity contribution in [1.82, 2.24) is 14.9 Å². The lowest BCUT2D eigenvalue weighted by molar-refractivity contribution is 0.608. The topological polar surface area (TPSA) is 29.9 Å². The van der Waals surface area contributed by atoms with Crippen molar-refractivity contribution in [3.8, 4) is 0 Å². The van der Waals surface area contributed by atoms with Crippen LogP contribution in [0.15, 0.2) is 23.8 Å². The van der Waals surface area contributed by atoms with Crippen LogP contribution < -0.4 is 5.32 Å². The third-order valence-electron chi connectivity index (χ3n) is 3.50. The summed E-state index contributed by atoms with van der Waals surface area (Å²) in [5.41, 5.74) is 4.52. The van der Waals surface area contributed by atoms with Gasteiger partial charge in [-0.05, 0) is 31.9 Å². The summed E-state index contributed by atoms with van der Waals surface area (Å²) in [6, 6.07) is 5.13. The first-order valence-corrected chi connectivity index (χ1v) is 7.47. The standard InChI is InChI=1S/C14H19N3S/c1-11-14(18-10-16-11)6-8-17-7-2-3-13(17)9-15-12-4-5-12/h2-3,7,10,12,15H,4-6,8-9H2,1H3. The quantitative estimate of drug-likeness (QED) is 0.866. The van der Waals surface area contributed by atoms with Gasteiger partial charge in [0, 0.05) is 42.3 Å². The fourth-order valence-corrected chi connectivity index (χ4v) is 2.92. The zero-order valence-electron chi connectivity index (χ0n) is 10.7. The largest absolute Gasteiger partial charge is 0.350 e. The molecule has 0 unspecified atom stereocenters. The predicted molar refractivity (Wildman–Crippen MR) is 74.8 cm³/mol. The van der Waals surface area contributed by atoms with Crippen LogP contribution in [0.5, 0.6) is 0 Å². The van der Waals surface area contributed by atoms with Crippen molar-refractivity contribution >= 4 is 11.3 Å². The Kier molecular flexibility index (Phi) is 3.48. The van der Waals surface area contributed by atoms with Gasteiger partial charge in [0.05, 0.1) is 11.2 Å². The third-order valence-corrected chi connectivity index (χ3v) is 4.49. The molecule has 2 aromatic heterocycles. The molecular formula is C14H19N3S. The van der Waals surface area contributed by atoms with Crippen molar-refractivity contribution in [1.29, 1.82) is 0 Å². The summed E-state index contributed by atoms with van der Waals surface area (Å²) in [5.74, 6) is 0. The van der Waals surface area contributed by atoms with E-state index in [1.54, 1.807) is 11.3 Å². The number of nitrogens with zero attached hydrogens (tertiary/aromatic N) is 2. The minimum Gasteiger partial charge on any atom is -0.350 e. The lowest BCUT2D eigenvalue weighted by Crippen LogP contribution is -2.18. The van der Waals surface area contributed by atoms with Gasteiger partial charge in [0.25, 0.3) is 0 Å². The minimum absolute atomic E-state index is 0.775. The minimum atomic E-state index is 0.775. The lowest BCUT2D eigenvalue weighted by atomic mass is 10.3. The predicted octanol–water partition coefficient (Wildman–Crippen LogP) is 2.75. The highest BCUT2D eigenvalue weighted by Crippen LogP contribution is 2.19. The summed E-state index contributed by atoms with van der Waals surface area (Å²) in [4.78, 5) is 5.71. The molecule has 96 valence electrons. The van der Waals surface area contributed by atoms with E-state index in [0.717, 1.165) is 25.6 Å². The maximum Gasteiger partial charge on any atom is 0.0797 e. The molecule has 3 rings (SSSR count). The summed E-state index contributed by atoms with van der Waals surface area (Å²) in [6.07, 6.45) is 5.96. The molecule has 1 saturated carbocycles. The molecule has 1 N–H and O–H groups in total. The van der Waals surface area contributed by atoms with Gasteiger partial charge in [-0.1, -0.05) is 0 Å². The van der Waals surface area contributed by atoms with Crippen LogP contribution in [0, 0.1) is 6.92 Å². The maximum absolute atomic E-state index is 4.30. The van der Waals surface area contributed by atoms with E-state index in [1.165, 1.54) is 29.1 Å². The first-order valence-electron chi connectivity index (χ1n) is 6.59. The fraction of sp³-hybridized carbons (Fsp3) is 0.500. The van der Waals surface area contributed by atoms with E-state index in [4.69, 9.17) is 0 Å². The Bertz CT molecular complexity index is 511. The van der Waals surface area contributed by atoms with Gasteiger partial charge in [-0.3, -0.25) is 0 Å². The van der Waals surface area contributed by atoms with Crippen molar-refractivity contribution < 1.29 is 0 Å². The van der Waals surface area contributed by atoms with Crippen LogP contribution in [-0.4, -0.2) is 15.6 Å². The number of thiazole rings is 1. The fourth-order valence-electron chi connectivity index (χ4n) is 2.15. The first kappa shape index (κ1) is 11.9. The number of hydrogen-bond acceptors (Lipinski definition) is 3. The molecule has 2 heterocycles. The molecule has 0 aliphatic heterocycles. The van der Waals surface area contributed by atoms with Gasteiger partial charge < -0.3 is 9.88 Å². The Morgan fingerprint density at radius 2 is 2.39 bits per heavy atom. The molecule has 0 radical (unpaired) electrons. The zero-order chi connectivity index (χ0) is 12.4. The monoisotopic (exact) mass is 261 g/mol. The second-order valence-electron chi connectivity index (χ2n) is 4.96. The number of rotatable bonds is 6. The van der Waals surface area contributed by atoms with E-state index in [2.05, 4.69) is 40.1 Å². The number of hydrogen-bond donors (Lipinski definition) is 1. The Labute approximate surface area is 112 Å². The Morgan fingerprint density at radius 3 is 3.11 bits per heavy atom. The highest BCUT2D eigenvalue weighted by Gasteiger charge is 2.20. The van der Waals surface area contributed by atoms with Crippen LogP contribution in [0.3, 0.4) is 0 Å². The smallest absolute Gasteiger partial charge is 0.0797 e. The van der Waals surface area contributed by atoms with Crippen molar-refractivity contribution in [2.24, 2.45) is 0 Å². The lowest BCUT2D eigenvalue weighted by Gasteiger charge is -2.09. The van der Waals surface area contributed by atoms with Crippen LogP contribution in [0.1, 0.15) is 29.1 Å². The van der Waals surface area contributed by atoms with Crippen LogP contribution >= 0.6 is 11.3 Å². The highest BCUT2D eigenvalue weighted by molar-refractivity contribution is 7.09. The summed E-state index contributed by atoms with van der Waals surface area (Å²) < 4.78 is 2.36. The molecule has 1 aliphatic carbocycles. The molecule has 18 heavy (non-hydrogen) atoms. The second-order valence-corrected chi connectivity index (χ2v) is 5.90. The van der Waals surface area contributed by atoms with Gasteiger partial charge in [0.2, 0.25) is 0 Å². The van der Waals surface area contributed by atoms with Crippen molar-refractivity contribution in [2.75, 3.05) is 0 Å². The summed E-state index contributed by atoms with van der Waals surface area (Å²) >= 11 is 1.77. The van der Waals surface area contributed by atoms with Gasteiger partial charge in [0.1, 0.15) is 0 Å². The van der Waals surface area contributed by atoms with Crippen LogP contribution in [0.4, 0.5) is 0 Å². The van der Waals surface area contributed by atoms with E-state index in [9.17, 15) is 0 Å². The van der Waals surface area contributed by atoms with Gasteiger partial charge >= 0.3 is 0 Å². The first-order chi connectivity index (χ1) is 8.83.